The van der Waals surface area contributed by atoms with Crippen LogP contribution in [0.2, 0.25) is 0 Å². The standard InChI is InChI=1S/C14H18N6S/c15-13(16)11-7-5-10(6-8-11)9-21-14-17-18-19-20(14)12-3-1-2-4-12/h5-8,12H,1-4,9H2,(H3,15,16). The first-order valence-corrected chi connectivity index (χ1v) is 8.06. The normalized spacial score (nSPS) is 15.4. The second-order valence-electron chi connectivity index (χ2n) is 5.24. The van der Waals surface area contributed by atoms with E-state index in [1.54, 1.807) is 11.8 Å². The molecule has 3 rings (SSSR count). The van der Waals surface area contributed by atoms with Gasteiger partial charge in [-0.25, -0.2) is 4.68 Å². The van der Waals surface area contributed by atoms with Crippen LogP contribution in [0.4, 0.5) is 0 Å². The Balaban J connectivity index is 1.65. The number of nitrogens with zero attached hydrogens (tertiary/aromatic N) is 4. The lowest BCUT2D eigenvalue weighted by Gasteiger charge is -2.10. The lowest BCUT2D eigenvalue weighted by Crippen LogP contribution is -2.10. The van der Waals surface area contributed by atoms with Crippen molar-refractivity contribution in [3.63, 3.8) is 0 Å². The first-order valence-electron chi connectivity index (χ1n) is 7.08. The molecule has 0 radical (unpaired) electrons. The fourth-order valence-electron chi connectivity index (χ4n) is 2.59. The molecule has 0 spiro atoms. The SMILES string of the molecule is N=C(N)c1ccc(CSc2nnnn2C2CCCC2)cc1. The third kappa shape index (κ3) is 3.24. The van der Waals surface area contributed by atoms with Crippen LogP contribution in [0, 0.1) is 5.41 Å². The highest BCUT2D eigenvalue weighted by molar-refractivity contribution is 7.98. The number of hydrogen-bond donors (Lipinski definition) is 2. The summed E-state index contributed by atoms with van der Waals surface area (Å²) in [4.78, 5) is 0. The number of rotatable bonds is 5. The van der Waals surface area contributed by atoms with Gasteiger partial charge in [-0.1, -0.05) is 48.9 Å². The molecule has 1 aliphatic carbocycles. The van der Waals surface area contributed by atoms with E-state index in [-0.39, 0.29) is 5.84 Å². The fraction of sp³-hybridized carbons (Fsp3) is 0.429. The first-order chi connectivity index (χ1) is 10.2. The van der Waals surface area contributed by atoms with Gasteiger partial charge < -0.3 is 5.73 Å². The number of amidine groups is 1. The Bertz CT molecular complexity index is 615. The number of thioether (sulfide) groups is 1. The van der Waals surface area contributed by atoms with Gasteiger partial charge in [0.1, 0.15) is 5.84 Å². The molecule has 6 nitrogen and oxygen atoms in total. The minimum absolute atomic E-state index is 0.0966. The van der Waals surface area contributed by atoms with Gasteiger partial charge in [0.05, 0.1) is 6.04 Å². The largest absolute Gasteiger partial charge is 0.384 e. The van der Waals surface area contributed by atoms with Crippen molar-refractivity contribution in [2.24, 2.45) is 5.73 Å². The number of hydrogen-bond acceptors (Lipinski definition) is 5. The molecular weight excluding hydrogens is 284 g/mol. The van der Waals surface area contributed by atoms with Gasteiger partial charge in [-0.3, -0.25) is 5.41 Å². The highest BCUT2D eigenvalue weighted by atomic mass is 32.2. The zero-order valence-electron chi connectivity index (χ0n) is 11.7. The van der Waals surface area contributed by atoms with Gasteiger partial charge in [-0.15, -0.1) is 5.10 Å². The van der Waals surface area contributed by atoms with Crippen molar-refractivity contribution in [1.29, 1.82) is 5.41 Å². The molecule has 1 aliphatic rings. The van der Waals surface area contributed by atoms with Crippen LogP contribution >= 0.6 is 11.8 Å². The average Bonchev–Trinajstić information content (AvgIpc) is 3.16. The molecule has 3 N–H and O–H groups in total. The molecule has 1 heterocycles. The van der Waals surface area contributed by atoms with Crippen molar-refractivity contribution in [2.45, 2.75) is 42.6 Å². The van der Waals surface area contributed by atoms with Crippen molar-refractivity contribution in [1.82, 2.24) is 20.2 Å². The highest BCUT2D eigenvalue weighted by Crippen LogP contribution is 2.32. The van der Waals surface area contributed by atoms with Gasteiger partial charge in [0.2, 0.25) is 5.16 Å². The zero-order valence-corrected chi connectivity index (χ0v) is 12.5. The molecule has 0 saturated heterocycles. The second kappa shape index (κ2) is 6.26. The summed E-state index contributed by atoms with van der Waals surface area (Å²) in [6, 6.07) is 8.19. The van der Waals surface area contributed by atoms with Crippen LogP contribution in [0.25, 0.3) is 0 Å². The highest BCUT2D eigenvalue weighted by Gasteiger charge is 2.21. The molecule has 1 fully saturated rings. The van der Waals surface area contributed by atoms with Gasteiger partial charge in [0, 0.05) is 11.3 Å². The van der Waals surface area contributed by atoms with Crippen molar-refractivity contribution in [3.8, 4) is 0 Å². The smallest absolute Gasteiger partial charge is 0.209 e. The van der Waals surface area contributed by atoms with Crippen LogP contribution in [0.1, 0.15) is 42.9 Å². The molecule has 0 bridgehead atoms. The molecule has 2 aromatic rings. The Labute approximate surface area is 127 Å². The van der Waals surface area contributed by atoms with E-state index in [0.29, 0.717) is 6.04 Å². The van der Waals surface area contributed by atoms with Gasteiger partial charge in [-0.2, -0.15) is 0 Å². The van der Waals surface area contributed by atoms with Crippen LogP contribution in [0.5, 0.6) is 0 Å². The number of nitrogen functional groups attached to an aromatic ring is 1. The van der Waals surface area contributed by atoms with E-state index >= 15 is 0 Å². The molecule has 0 aliphatic heterocycles. The molecule has 1 aromatic heterocycles. The number of aromatic nitrogens is 4. The predicted octanol–water partition coefficient (Wildman–Crippen LogP) is 2.36. The molecule has 0 unspecified atom stereocenters. The third-order valence-electron chi connectivity index (χ3n) is 3.77. The molecule has 7 heteroatoms. The van der Waals surface area contributed by atoms with Gasteiger partial charge in [0.25, 0.3) is 0 Å². The maximum Gasteiger partial charge on any atom is 0.209 e. The fourth-order valence-corrected chi connectivity index (χ4v) is 3.49. The summed E-state index contributed by atoms with van der Waals surface area (Å²) >= 11 is 1.65. The summed E-state index contributed by atoms with van der Waals surface area (Å²) in [5.74, 6) is 0.907. The summed E-state index contributed by atoms with van der Waals surface area (Å²) in [5.41, 5.74) is 7.37. The molecule has 0 amide bonds. The number of tetrazole rings is 1. The van der Waals surface area contributed by atoms with Crippen molar-refractivity contribution in [3.05, 3.63) is 35.4 Å². The van der Waals surface area contributed by atoms with Gasteiger partial charge >= 0.3 is 0 Å². The zero-order chi connectivity index (χ0) is 14.7. The number of benzene rings is 1. The Hall–Kier alpha value is -1.89. The van der Waals surface area contributed by atoms with E-state index in [2.05, 4.69) is 15.5 Å². The molecule has 1 aromatic carbocycles. The van der Waals surface area contributed by atoms with E-state index in [4.69, 9.17) is 11.1 Å². The summed E-state index contributed by atoms with van der Waals surface area (Å²) < 4.78 is 1.97. The molecule has 110 valence electrons. The summed E-state index contributed by atoms with van der Waals surface area (Å²) in [5, 5.41) is 20.4. The summed E-state index contributed by atoms with van der Waals surface area (Å²) in [6.07, 6.45) is 4.88. The van der Waals surface area contributed by atoms with Crippen molar-refractivity contribution >= 4 is 17.6 Å². The van der Waals surface area contributed by atoms with Crippen molar-refractivity contribution in [2.75, 3.05) is 0 Å². The van der Waals surface area contributed by atoms with Gasteiger partial charge in [-0.05, 0) is 28.8 Å². The molecule has 1 saturated carbocycles. The maximum atomic E-state index is 7.39. The molecule has 21 heavy (non-hydrogen) atoms. The number of nitrogens with one attached hydrogen (secondary N) is 1. The van der Waals surface area contributed by atoms with E-state index in [1.165, 1.54) is 31.2 Å². The summed E-state index contributed by atoms with van der Waals surface area (Å²) in [7, 11) is 0. The molecule has 0 atom stereocenters. The summed E-state index contributed by atoms with van der Waals surface area (Å²) in [6.45, 7) is 0. The monoisotopic (exact) mass is 302 g/mol. The van der Waals surface area contributed by atoms with E-state index < -0.39 is 0 Å². The maximum absolute atomic E-state index is 7.39. The van der Waals surface area contributed by atoms with Crippen LogP contribution in [0.3, 0.4) is 0 Å². The first kappa shape index (κ1) is 14.1. The molecular formula is C14H18N6S. The number of nitrogens with two attached hydrogens (primary N) is 1. The quantitative estimate of drug-likeness (QED) is 0.502. The lowest BCUT2D eigenvalue weighted by molar-refractivity contribution is 0.423. The Morgan fingerprint density at radius 2 is 2.00 bits per heavy atom. The Morgan fingerprint density at radius 1 is 1.29 bits per heavy atom. The Morgan fingerprint density at radius 3 is 2.67 bits per heavy atom. The minimum atomic E-state index is 0.0966. The topological polar surface area (TPSA) is 93.5 Å². The van der Waals surface area contributed by atoms with Crippen LogP contribution in [-0.4, -0.2) is 26.0 Å². The Kier molecular flexibility index (Phi) is 4.19. The third-order valence-corrected chi connectivity index (χ3v) is 4.77. The lowest BCUT2D eigenvalue weighted by atomic mass is 10.1. The van der Waals surface area contributed by atoms with E-state index in [0.717, 1.165) is 16.5 Å². The minimum Gasteiger partial charge on any atom is -0.384 e. The van der Waals surface area contributed by atoms with E-state index in [1.807, 2.05) is 28.9 Å². The average molecular weight is 302 g/mol. The van der Waals surface area contributed by atoms with Gasteiger partial charge in [0.15, 0.2) is 0 Å². The van der Waals surface area contributed by atoms with Crippen molar-refractivity contribution < 1.29 is 0 Å². The van der Waals surface area contributed by atoms with Crippen LogP contribution in [0.15, 0.2) is 29.4 Å². The second-order valence-corrected chi connectivity index (χ2v) is 6.19. The van der Waals surface area contributed by atoms with Crippen LogP contribution in [-0.2, 0) is 5.75 Å². The van der Waals surface area contributed by atoms with Crippen LogP contribution < -0.4 is 5.73 Å². The predicted molar refractivity (Wildman–Crippen MR) is 82.3 cm³/mol. The van der Waals surface area contributed by atoms with E-state index in [9.17, 15) is 0 Å².